The molecule has 3 nitrogen and oxygen atoms in total. The van der Waals surface area contributed by atoms with Crippen LogP contribution in [0.2, 0.25) is 0 Å². The van der Waals surface area contributed by atoms with Crippen molar-refractivity contribution in [3.8, 4) is 11.1 Å². The second kappa shape index (κ2) is 19.4. The molecule has 0 fully saturated rings. The summed E-state index contributed by atoms with van der Waals surface area (Å²) in [6.45, 7) is 51.1. The van der Waals surface area contributed by atoms with Crippen molar-refractivity contribution in [2.45, 2.75) is 239 Å². The van der Waals surface area contributed by atoms with Gasteiger partial charge in [-0.1, -0.05) is 218 Å². The number of anilines is 9. The van der Waals surface area contributed by atoms with E-state index in [1.165, 1.54) is 129 Å². The van der Waals surface area contributed by atoms with E-state index in [2.05, 4.69) is 300 Å². The van der Waals surface area contributed by atoms with Crippen LogP contribution in [0.5, 0.6) is 0 Å². The number of hydrogen-bond donors (Lipinski definition) is 0. The summed E-state index contributed by atoms with van der Waals surface area (Å²) in [6.07, 6.45) is 7.85. The zero-order valence-electron chi connectivity index (χ0n) is 58.1. The normalized spacial score (nSPS) is 19.2. The third-order valence-corrected chi connectivity index (χ3v) is 23.3. The standard InChI is InChI=1S/C85H100BN3/c1-77(2,3)54-25-30-57(31-26-54)87(58-32-27-55(28-33-58)78(4,5)6)60-46-73-76-74(47-60)89(70-24-22-23-52-43-53-44-56(79(7,8)9)29-35-61(53)75(52)70)72-51-67-65(83(16,17)40-42-85(67,20)21)49-69(72)86(76)68-48-64-66(84(18,19)41-39-82(64,14)15)50-71(68)88(73)59-34-36-62-63(45-59)81(12,13)38-37-80(62,10)11/h22-36,44-51H,37-43H2,1-21H3. The summed E-state index contributed by atoms with van der Waals surface area (Å²) < 4.78 is 0. The monoisotopic (exact) mass is 1170 g/mol. The molecule has 4 heteroatoms. The predicted molar refractivity (Wildman–Crippen MR) is 385 cm³/mol. The van der Waals surface area contributed by atoms with E-state index in [1.807, 2.05) is 0 Å². The van der Waals surface area contributed by atoms with Crippen LogP contribution in [0.25, 0.3) is 11.1 Å². The van der Waals surface area contributed by atoms with Crippen molar-refractivity contribution in [2.75, 3.05) is 14.7 Å². The topological polar surface area (TPSA) is 9.72 Å². The summed E-state index contributed by atoms with van der Waals surface area (Å²) in [5, 5.41) is 0. The average Bonchev–Trinajstić information content (AvgIpc) is 0.935. The van der Waals surface area contributed by atoms with Crippen LogP contribution in [0.4, 0.5) is 51.2 Å². The molecule has 0 saturated carbocycles. The van der Waals surface area contributed by atoms with Crippen LogP contribution < -0.4 is 31.1 Å². The Kier molecular flexibility index (Phi) is 13.0. The maximum Gasteiger partial charge on any atom is 0.252 e. The van der Waals surface area contributed by atoms with Crippen molar-refractivity contribution in [1.82, 2.24) is 0 Å². The number of benzene rings is 8. The van der Waals surface area contributed by atoms with Crippen LogP contribution in [-0.2, 0) is 55.2 Å². The first-order valence-electron chi connectivity index (χ1n) is 34.0. The summed E-state index contributed by atoms with van der Waals surface area (Å²) in [7, 11) is 0. The van der Waals surface area contributed by atoms with Gasteiger partial charge in [0.15, 0.2) is 0 Å². The first-order chi connectivity index (χ1) is 41.5. The third kappa shape index (κ3) is 9.45. The minimum atomic E-state index is -0.0548. The molecular formula is C85H100BN3. The Balaban J connectivity index is 1.16. The highest BCUT2D eigenvalue weighted by Crippen LogP contribution is 2.57. The lowest BCUT2D eigenvalue weighted by molar-refractivity contribution is 0.332. The molecular weight excluding hydrogens is 1070 g/mol. The minimum Gasteiger partial charge on any atom is -0.311 e. The Morgan fingerprint density at radius 1 is 0.348 bits per heavy atom. The van der Waals surface area contributed by atoms with E-state index >= 15 is 0 Å². The molecule has 0 saturated heterocycles. The first kappa shape index (κ1) is 59.8. The van der Waals surface area contributed by atoms with E-state index in [1.54, 1.807) is 0 Å². The van der Waals surface area contributed by atoms with Crippen molar-refractivity contribution in [1.29, 1.82) is 0 Å². The van der Waals surface area contributed by atoms with Crippen molar-refractivity contribution in [2.24, 2.45) is 0 Å². The van der Waals surface area contributed by atoms with Crippen LogP contribution in [-0.4, -0.2) is 6.71 Å². The molecule has 8 aromatic rings. The lowest BCUT2D eigenvalue weighted by Gasteiger charge is -2.49. The quantitative estimate of drug-likeness (QED) is 0.159. The van der Waals surface area contributed by atoms with Gasteiger partial charge in [0.05, 0.1) is 11.4 Å². The van der Waals surface area contributed by atoms with Gasteiger partial charge in [0, 0.05) is 45.4 Å². The number of nitrogens with zero attached hydrogens (tertiary/aromatic N) is 3. The molecule has 458 valence electrons. The van der Waals surface area contributed by atoms with Crippen molar-refractivity contribution in [3.05, 3.63) is 201 Å². The predicted octanol–water partition coefficient (Wildman–Crippen LogP) is 21.7. The molecule has 6 aliphatic rings. The molecule has 0 radical (unpaired) electrons. The fraction of sp³-hybridized carbons (Fsp3) is 0.435. The summed E-state index contributed by atoms with van der Waals surface area (Å²) in [6, 6.07) is 57.6. The molecule has 0 atom stereocenters. The van der Waals surface area contributed by atoms with E-state index in [0.29, 0.717) is 0 Å². The molecule has 0 spiro atoms. The summed E-state index contributed by atoms with van der Waals surface area (Å²) in [4.78, 5) is 8.16. The van der Waals surface area contributed by atoms with Gasteiger partial charge >= 0.3 is 0 Å². The van der Waals surface area contributed by atoms with Gasteiger partial charge in [-0.05, 0) is 244 Å². The molecule has 8 aromatic carbocycles. The molecule has 0 N–H and O–H groups in total. The van der Waals surface area contributed by atoms with Gasteiger partial charge in [-0.25, -0.2) is 0 Å². The molecule has 89 heavy (non-hydrogen) atoms. The van der Waals surface area contributed by atoms with Crippen LogP contribution in [0.3, 0.4) is 0 Å². The SMILES string of the molecule is CC(C)(C)c1ccc(N(c2ccc(C(C)(C)C)cc2)c2cc3c4c(c2)N(c2cccc5c2-c2ccc(C(C)(C)C)cc2C5)c2cc5c(cc2B4c2cc4c(cc2N3c2ccc3c(c2)C(C)(C)CCC3(C)C)C(C)(C)CCC4(C)C)C(C)(C)CCC5(C)C)cc1. The van der Waals surface area contributed by atoms with E-state index < -0.39 is 0 Å². The number of fused-ring (bicyclic) bond motifs is 10. The van der Waals surface area contributed by atoms with Crippen LogP contribution >= 0.6 is 0 Å². The maximum absolute atomic E-state index is 2.80. The number of hydrogen-bond acceptors (Lipinski definition) is 3. The Bertz CT molecular complexity index is 4180. The van der Waals surface area contributed by atoms with Crippen LogP contribution in [0.15, 0.2) is 140 Å². The highest BCUT2D eigenvalue weighted by Gasteiger charge is 2.50. The van der Waals surface area contributed by atoms with E-state index in [4.69, 9.17) is 0 Å². The van der Waals surface area contributed by atoms with Gasteiger partial charge in [0.1, 0.15) is 0 Å². The second-order valence-electron chi connectivity index (χ2n) is 35.5. The van der Waals surface area contributed by atoms with Crippen molar-refractivity contribution >= 4 is 74.3 Å². The number of rotatable bonds is 5. The molecule has 0 unspecified atom stereocenters. The molecule has 4 aliphatic carbocycles. The fourth-order valence-corrected chi connectivity index (χ4v) is 17.0. The fourth-order valence-electron chi connectivity index (χ4n) is 17.0. The second-order valence-corrected chi connectivity index (χ2v) is 35.5. The highest BCUT2D eigenvalue weighted by atomic mass is 15.2. The van der Waals surface area contributed by atoms with Crippen LogP contribution in [0.1, 0.15) is 245 Å². The maximum atomic E-state index is 2.80. The van der Waals surface area contributed by atoms with Gasteiger partial charge < -0.3 is 14.7 Å². The smallest absolute Gasteiger partial charge is 0.252 e. The molecule has 0 aromatic heterocycles. The van der Waals surface area contributed by atoms with Gasteiger partial charge in [0.2, 0.25) is 0 Å². The minimum absolute atomic E-state index is 0.000914. The lowest BCUT2D eigenvalue weighted by atomic mass is 9.32. The summed E-state index contributed by atoms with van der Waals surface area (Å²) in [5.74, 6) is 0. The van der Waals surface area contributed by atoms with E-state index in [0.717, 1.165) is 55.6 Å². The zero-order chi connectivity index (χ0) is 63.5. The summed E-state index contributed by atoms with van der Waals surface area (Å²) >= 11 is 0. The van der Waals surface area contributed by atoms with Gasteiger partial charge in [0.25, 0.3) is 6.71 Å². The van der Waals surface area contributed by atoms with Crippen molar-refractivity contribution in [3.63, 3.8) is 0 Å². The highest BCUT2D eigenvalue weighted by molar-refractivity contribution is 7.00. The molecule has 2 aliphatic heterocycles. The van der Waals surface area contributed by atoms with E-state index in [-0.39, 0.29) is 55.4 Å². The molecule has 2 heterocycles. The van der Waals surface area contributed by atoms with Gasteiger partial charge in [-0.2, -0.15) is 0 Å². The Labute approximate surface area is 536 Å². The van der Waals surface area contributed by atoms with Gasteiger partial charge in [-0.3, -0.25) is 0 Å². The first-order valence-corrected chi connectivity index (χ1v) is 34.0. The Morgan fingerprint density at radius 3 is 1.24 bits per heavy atom. The lowest BCUT2D eigenvalue weighted by Crippen LogP contribution is -2.62. The zero-order valence-corrected chi connectivity index (χ0v) is 58.1. The average molecular weight is 1170 g/mol. The van der Waals surface area contributed by atoms with E-state index in [9.17, 15) is 0 Å². The van der Waals surface area contributed by atoms with Crippen molar-refractivity contribution < 1.29 is 0 Å². The van der Waals surface area contributed by atoms with Gasteiger partial charge in [-0.15, -0.1) is 0 Å². The molecule has 0 bridgehead atoms. The van der Waals surface area contributed by atoms with Crippen LogP contribution in [0, 0.1) is 0 Å². The molecule has 14 rings (SSSR count). The largest absolute Gasteiger partial charge is 0.311 e. The molecule has 0 amide bonds. The Hall–Kier alpha value is -6.78. The third-order valence-electron chi connectivity index (χ3n) is 23.3. The Morgan fingerprint density at radius 2 is 0.764 bits per heavy atom. The summed E-state index contributed by atoms with van der Waals surface area (Å²) in [5.41, 5.74) is 34.0.